The average Bonchev–Trinajstić information content (AvgIpc) is 2.65. The topological polar surface area (TPSA) is 76.4 Å². The maximum Gasteiger partial charge on any atom is 0.145 e. The summed E-state index contributed by atoms with van der Waals surface area (Å²) < 4.78 is 1.89. The zero-order chi connectivity index (χ0) is 10.6. The van der Waals surface area contributed by atoms with Crippen LogP contribution < -0.4 is 5.73 Å². The van der Waals surface area contributed by atoms with Crippen molar-refractivity contribution in [2.45, 2.75) is 32.7 Å². The molecule has 3 N–H and O–H groups in total. The number of hydrogen-bond acceptors (Lipinski definition) is 3. The van der Waals surface area contributed by atoms with Crippen LogP contribution in [0.5, 0.6) is 0 Å². The van der Waals surface area contributed by atoms with E-state index in [0.717, 1.165) is 12.1 Å². The van der Waals surface area contributed by atoms with Gasteiger partial charge < -0.3 is 10.9 Å². The molecule has 5 heteroatoms. The monoisotopic (exact) mass is 196 g/mol. The highest BCUT2D eigenvalue weighted by molar-refractivity contribution is 5.81. The molecule has 1 heterocycles. The summed E-state index contributed by atoms with van der Waals surface area (Å²) in [6.45, 7) is 4.20. The molecule has 14 heavy (non-hydrogen) atoms. The molecule has 0 spiro atoms. The van der Waals surface area contributed by atoms with E-state index < -0.39 is 0 Å². The fraction of sp³-hybridized carbons (Fsp3) is 0.556. The summed E-state index contributed by atoms with van der Waals surface area (Å²) in [5, 5.41) is 15.6. The lowest BCUT2D eigenvalue weighted by Crippen LogP contribution is -2.15. The molecule has 5 nitrogen and oxygen atoms in total. The van der Waals surface area contributed by atoms with Crippen LogP contribution in [0.4, 0.5) is 0 Å². The third-order valence-corrected chi connectivity index (χ3v) is 2.20. The fourth-order valence-electron chi connectivity index (χ4n) is 1.13. The van der Waals surface area contributed by atoms with Crippen LogP contribution in [0, 0.1) is 0 Å². The van der Waals surface area contributed by atoms with Crippen LogP contribution in [-0.4, -0.2) is 20.8 Å². The molecule has 0 aliphatic heterocycles. The van der Waals surface area contributed by atoms with Crippen molar-refractivity contribution < 1.29 is 5.21 Å². The van der Waals surface area contributed by atoms with Crippen LogP contribution in [0.1, 0.15) is 32.0 Å². The maximum atomic E-state index is 8.39. The van der Waals surface area contributed by atoms with Crippen LogP contribution in [-0.2, 0) is 6.42 Å². The molecule has 0 aromatic carbocycles. The van der Waals surface area contributed by atoms with Crippen molar-refractivity contribution in [1.82, 2.24) is 9.78 Å². The third kappa shape index (κ3) is 2.48. The lowest BCUT2D eigenvalue weighted by Gasteiger charge is -2.07. The van der Waals surface area contributed by atoms with Crippen molar-refractivity contribution in [1.29, 1.82) is 0 Å². The van der Waals surface area contributed by atoms with Crippen LogP contribution in [0.15, 0.2) is 17.4 Å². The summed E-state index contributed by atoms with van der Waals surface area (Å²) in [4.78, 5) is 0. The van der Waals surface area contributed by atoms with E-state index in [1.54, 1.807) is 0 Å². The first-order valence-corrected chi connectivity index (χ1v) is 4.67. The van der Waals surface area contributed by atoms with Crippen LogP contribution in [0.2, 0.25) is 0 Å². The van der Waals surface area contributed by atoms with Gasteiger partial charge in [-0.25, -0.2) is 0 Å². The Morgan fingerprint density at radius 2 is 2.50 bits per heavy atom. The average molecular weight is 196 g/mol. The van der Waals surface area contributed by atoms with Gasteiger partial charge in [0.05, 0.1) is 12.1 Å². The summed E-state index contributed by atoms with van der Waals surface area (Å²) in [6.07, 6.45) is 3.33. The molecule has 1 rings (SSSR count). The highest BCUT2D eigenvalue weighted by atomic mass is 16.4. The first kappa shape index (κ1) is 10.6. The van der Waals surface area contributed by atoms with E-state index in [1.165, 1.54) is 0 Å². The molecule has 0 saturated heterocycles. The third-order valence-electron chi connectivity index (χ3n) is 2.20. The molecule has 1 aromatic rings. The minimum absolute atomic E-state index is 0.180. The van der Waals surface area contributed by atoms with Crippen LogP contribution in [0.25, 0.3) is 0 Å². The SMILES string of the molecule is CCC(C)n1ccc(CC(N)=NO)n1. The molecular formula is C9H16N4O. The zero-order valence-corrected chi connectivity index (χ0v) is 8.51. The molecule has 0 aliphatic rings. The minimum atomic E-state index is 0.180. The predicted molar refractivity (Wildman–Crippen MR) is 54.3 cm³/mol. The van der Waals surface area contributed by atoms with E-state index in [9.17, 15) is 0 Å². The Morgan fingerprint density at radius 3 is 3.07 bits per heavy atom. The molecular weight excluding hydrogens is 180 g/mol. The Hall–Kier alpha value is -1.52. The first-order valence-electron chi connectivity index (χ1n) is 4.67. The molecule has 0 fully saturated rings. The van der Waals surface area contributed by atoms with Gasteiger partial charge >= 0.3 is 0 Å². The number of nitrogens with two attached hydrogens (primary N) is 1. The summed E-state index contributed by atoms with van der Waals surface area (Å²) in [7, 11) is 0. The van der Waals surface area contributed by atoms with E-state index >= 15 is 0 Å². The van der Waals surface area contributed by atoms with Crippen molar-refractivity contribution >= 4 is 5.84 Å². The molecule has 0 aliphatic carbocycles. The van der Waals surface area contributed by atoms with E-state index in [-0.39, 0.29) is 5.84 Å². The largest absolute Gasteiger partial charge is 0.409 e. The standard InChI is InChI=1S/C9H16N4O/c1-3-7(2)13-5-4-8(11-13)6-9(10)12-14/h4-5,7,14H,3,6H2,1-2H3,(H2,10,12). The fourth-order valence-corrected chi connectivity index (χ4v) is 1.13. The number of aromatic nitrogens is 2. The Balaban J connectivity index is 2.68. The Bertz CT molecular complexity index is 318. The smallest absolute Gasteiger partial charge is 0.145 e. The Kier molecular flexibility index (Phi) is 3.50. The summed E-state index contributed by atoms with van der Waals surface area (Å²) in [5.41, 5.74) is 6.19. The molecule has 0 saturated carbocycles. The molecule has 1 unspecified atom stereocenters. The molecule has 0 amide bonds. The molecule has 1 atom stereocenters. The molecule has 0 bridgehead atoms. The van der Waals surface area contributed by atoms with Gasteiger partial charge in [0, 0.05) is 12.2 Å². The summed E-state index contributed by atoms with van der Waals surface area (Å²) in [6, 6.07) is 2.26. The van der Waals surface area contributed by atoms with E-state index in [1.807, 2.05) is 16.9 Å². The van der Waals surface area contributed by atoms with Crippen molar-refractivity contribution in [3.8, 4) is 0 Å². The van der Waals surface area contributed by atoms with Crippen molar-refractivity contribution in [3.63, 3.8) is 0 Å². The maximum absolute atomic E-state index is 8.39. The first-order chi connectivity index (χ1) is 6.67. The molecule has 1 aromatic heterocycles. The second-order valence-electron chi connectivity index (χ2n) is 3.31. The van der Waals surface area contributed by atoms with Crippen molar-refractivity contribution in [3.05, 3.63) is 18.0 Å². The van der Waals surface area contributed by atoms with E-state index in [4.69, 9.17) is 10.9 Å². The highest BCUT2D eigenvalue weighted by Gasteiger charge is 2.05. The summed E-state index contributed by atoms with van der Waals surface area (Å²) >= 11 is 0. The highest BCUT2D eigenvalue weighted by Crippen LogP contribution is 2.09. The van der Waals surface area contributed by atoms with Crippen LogP contribution in [0.3, 0.4) is 0 Å². The minimum Gasteiger partial charge on any atom is -0.409 e. The summed E-state index contributed by atoms with van der Waals surface area (Å²) in [5.74, 6) is 0.180. The van der Waals surface area contributed by atoms with Gasteiger partial charge in [-0.2, -0.15) is 5.10 Å². The number of nitrogens with zero attached hydrogens (tertiary/aromatic N) is 3. The van der Waals surface area contributed by atoms with Crippen LogP contribution >= 0.6 is 0 Å². The van der Waals surface area contributed by atoms with Crippen molar-refractivity contribution in [2.24, 2.45) is 10.9 Å². The number of hydrogen-bond donors (Lipinski definition) is 2. The molecule has 78 valence electrons. The lowest BCUT2D eigenvalue weighted by molar-refractivity contribution is 0.317. The normalized spacial score (nSPS) is 14.3. The number of rotatable bonds is 4. The van der Waals surface area contributed by atoms with Gasteiger partial charge in [-0.15, -0.1) is 0 Å². The molecule has 0 radical (unpaired) electrons. The second-order valence-corrected chi connectivity index (χ2v) is 3.31. The van der Waals surface area contributed by atoms with E-state index in [0.29, 0.717) is 12.5 Å². The van der Waals surface area contributed by atoms with E-state index in [2.05, 4.69) is 24.1 Å². The van der Waals surface area contributed by atoms with Gasteiger partial charge in [-0.05, 0) is 19.4 Å². The van der Waals surface area contributed by atoms with Gasteiger partial charge in [-0.1, -0.05) is 12.1 Å². The van der Waals surface area contributed by atoms with Gasteiger partial charge in [-0.3, -0.25) is 4.68 Å². The zero-order valence-electron chi connectivity index (χ0n) is 8.51. The quantitative estimate of drug-likeness (QED) is 0.328. The Morgan fingerprint density at radius 1 is 1.79 bits per heavy atom. The Labute approximate surface area is 83.2 Å². The number of amidine groups is 1. The second kappa shape index (κ2) is 4.64. The predicted octanol–water partition coefficient (Wildman–Crippen LogP) is 1.14. The lowest BCUT2D eigenvalue weighted by atomic mass is 10.3. The van der Waals surface area contributed by atoms with Gasteiger partial charge in [0.2, 0.25) is 0 Å². The number of oxime groups is 1. The van der Waals surface area contributed by atoms with Crippen molar-refractivity contribution in [2.75, 3.05) is 0 Å². The van der Waals surface area contributed by atoms with Gasteiger partial charge in [0.15, 0.2) is 0 Å². The van der Waals surface area contributed by atoms with Gasteiger partial charge in [0.25, 0.3) is 0 Å². The van der Waals surface area contributed by atoms with Gasteiger partial charge in [0.1, 0.15) is 5.84 Å².